The molecule has 0 spiro atoms. The molecule has 1 rings (SSSR count). The molecule has 156 valence electrons. The topological polar surface area (TPSA) is 79.0 Å². The van der Waals surface area contributed by atoms with Gasteiger partial charge in [0.1, 0.15) is 11.6 Å². The maximum Gasteiger partial charge on any atom is 0.323 e. The van der Waals surface area contributed by atoms with Crippen LogP contribution >= 0.6 is 0 Å². The molecular weight excluding hydrogens is 346 g/mol. The normalized spacial score (nSPS) is 18.9. The number of hydrogen-bond acceptors (Lipinski definition) is 5. The van der Waals surface area contributed by atoms with Crippen molar-refractivity contribution in [3.05, 3.63) is 0 Å². The highest BCUT2D eigenvalue weighted by molar-refractivity contribution is 5.81. The van der Waals surface area contributed by atoms with Crippen LogP contribution in [0.15, 0.2) is 0 Å². The Kier molecular flexibility index (Phi) is 9.22. The third-order valence-corrected chi connectivity index (χ3v) is 4.83. The predicted octanol–water partition coefficient (Wildman–Crippen LogP) is 1.95. The summed E-state index contributed by atoms with van der Waals surface area (Å²) < 4.78 is 5.48. The van der Waals surface area contributed by atoms with Gasteiger partial charge in [0.05, 0.1) is 6.54 Å². The molecule has 0 aliphatic carbocycles. The van der Waals surface area contributed by atoms with Crippen molar-refractivity contribution in [2.75, 3.05) is 26.2 Å². The third-order valence-electron chi connectivity index (χ3n) is 4.83. The first-order valence-corrected chi connectivity index (χ1v) is 10.1. The second kappa shape index (κ2) is 10.6. The lowest BCUT2D eigenvalue weighted by Gasteiger charge is -2.37. The Balaban J connectivity index is 2.81. The second-order valence-electron chi connectivity index (χ2n) is 8.31. The Morgan fingerprint density at radius 2 is 1.93 bits per heavy atom. The minimum atomic E-state index is -0.584. The summed E-state index contributed by atoms with van der Waals surface area (Å²) in [5, 5.41) is 2.73. The zero-order valence-electron chi connectivity index (χ0n) is 17.8. The van der Waals surface area contributed by atoms with Gasteiger partial charge in [0.25, 0.3) is 0 Å². The molecule has 0 aromatic carbocycles. The number of amides is 2. The van der Waals surface area contributed by atoms with Crippen molar-refractivity contribution in [3.8, 4) is 0 Å². The van der Waals surface area contributed by atoms with E-state index in [-0.39, 0.29) is 30.4 Å². The van der Waals surface area contributed by atoms with Gasteiger partial charge in [0.15, 0.2) is 0 Å². The zero-order valence-corrected chi connectivity index (χ0v) is 17.8. The van der Waals surface area contributed by atoms with Crippen molar-refractivity contribution >= 4 is 17.8 Å². The predicted molar refractivity (Wildman–Crippen MR) is 105 cm³/mol. The fourth-order valence-electron chi connectivity index (χ4n) is 3.34. The van der Waals surface area contributed by atoms with Crippen molar-refractivity contribution in [1.82, 2.24) is 15.1 Å². The van der Waals surface area contributed by atoms with E-state index in [2.05, 4.69) is 12.2 Å². The van der Waals surface area contributed by atoms with Crippen LogP contribution in [-0.4, -0.2) is 71.4 Å². The van der Waals surface area contributed by atoms with E-state index >= 15 is 0 Å². The monoisotopic (exact) mass is 383 g/mol. The molecule has 1 fully saturated rings. The number of carbonyl (C=O) groups excluding carboxylic acids is 3. The molecular formula is C20H37N3O4. The van der Waals surface area contributed by atoms with Gasteiger partial charge in [-0.05, 0) is 53.4 Å². The summed E-state index contributed by atoms with van der Waals surface area (Å²) in [4.78, 5) is 40.4. The molecule has 2 amide bonds. The van der Waals surface area contributed by atoms with Crippen LogP contribution in [0.5, 0.6) is 0 Å². The van der Waals surface area contributed by atoms with Gasteiger partial charge in [0, 0.05) is 32.6 Å². The maximum atomic E-state index is 12.9. The van der Waals surface area contributed by atoms with Gasteiger partial charge in [0.2, 0.25) is 11.8 Å². The van der Waals surface area contributed by atoms with Crippen LogP contribution < -0.4 is 5.32 Å². The lowest BCUT2D eigenvalue weighted by Crippen LogP contribution is -2.52. The highest BCUT2D eigenvalue weighted by atomic mass is 16.6. The number of carbonyl (C=O) groups is 3. The SMILES string of the molecule is CCC1CCCCN1C(=O)CN(CCNC(C)=O)C(C)C(=O)OC(C)(C)C. The first-order valence-electron chi connectivity index (χ1n) is 10.1. The molecule has 0 aromatic rings. The summed E-state index contributed by atoms with van der Waals surface area (Å²) in [6, 6.07) is -0.285. The van der Waals surface area contributed by atoms with Gasteiger partial charge in [-0.15, -0.1) is 0 Å². The van der Waals surface area contributed by atoms with Gasteiger partial charge in [-0.1, -0.05) is 6.92 Å². The summed E-state index contributed by atoms with van der Waals surface area (Å²) in [7, 11) is 0. The number of rotatable bonds is 8. The number of likely N-dealkylation sites (tertiary alicyclic amines) is 1. The summed E-state index contributed by atoms with van der Waals surface area (Å²) in [6.45, 7) is 12.5. The van der Waals surface area contributed by atoms with E-state index in [1.807, 2.05) is 25.7 Å². The van der Waals surface area contributed by atoms with E-state index < -0.39 is 11.6 Å². The molecule has 0 aromatic heterocycles. The Morgan fingerprint density at radius 3 is 2.48 bits per heavy atom. The molecule has 7 heteroatoms. The minimum Gasteiger partial charge on any atom is -0.459 e. The van der Waals surface area contributed by atoms with Crippen molar-refractivity contribution < 1.29 is 19.1 Å². The summed E-state index contributed by atoms with van der Waals surface area (Å²) in [5.74, 6) is -0.447. The van der Waals surface area contributed by atoms with Crippen LogP contribution in [0.1, 0.15) is 67.2 Å². The van der Waals surface area contributed by atoms with Gasteiger partial charge in [-0.3, -0.25) is 19.3 Å². The summed E-state index contributed by atoms with van der Waals surface area (Å²) in [5.41, 5.74) is -0.584. The Hall–Kier alpha value is -1.63. The number of nitrogens with one attached hydrogen (secondary N) is 1. The Bertz CT molecular complexity index is 516. The molecule has 1 aliphatic heterocycles. The van der Waals surface area contributed by atoms with Crippen molar-refractivity contribution in [2.24, 2.45) is 0 Å². The standard InChI is InChI=1S/C20H37N3O4/c1-7-17-10-8-9-12-23(17)18(25)14-22(13-11-21-16(3)24)15(2)19(26)27-20(4,5)6/h15,17H,7-14H2,1-6H3,(H,21,24). The molecule has 0 bridgehead atoms. The number of piperidine rings is 1. The Labute approximate surface area is 163 Å². The molecule has 0 saturated carbocycles. The zero-order chi connectivity index (χ0) is 20.6. The average Bonchev–Trinajstić information content (AvgIpc) is 2.58. The highest BCUT2D eigenvalue weighted by Crippen LogP contribution is 2.20. The third kappa shape index (κ3) is 8.28. The maximum absolute atomic E-state index is 12.9. The van der Waals surface area contributed by atoms with E-state index in [1.165, 1.54) is 6.92 Å². The van der Waals surface area contributed by atoms with E-state index in [0.717, 1.165) is 32.2 Å². The summed E-state index contributed by atoms with van der Waals surface area (Å²) in [6.07, 6.45) is 4.16. The Morgan fingerprint density at radius 1 is 1.26 bits per heavy atom. The molecule has 1 heterocycles. The minimum absolute atomic E-state index is 0.0415. The second-order valence-corrected chi connectivity index (χ2v) is 8.31. The molecule has 1 aliphatic rings. The molecule has 7 nitrogen and oxygen atoms in total. The fraction of sp³-hybridized carbons (Fsp3) is 0.850. The highest BCUT2D eigenvalue weighted by Gasteiger charge is 2.31. The first-order chi connectivity index (χ1) is 12.5. The van der Waals surface area contributed by atoms with Crippen LogP contribution in [0.25, 0.3) is 0 Å². The van der Waals surface area contributed by atoms with Crippen molar-refractivity contribution in [1.29, 1.82) is 0 Å². The van der Waals surface area contributed by atoms with Crippen LogP contribution in [-0.2, 0) is 19.1 Å². The van der Waals surface area contributed by atoms with Crippen LogP contribution in [0, 0.1) is 0 Å². The smallest absolute Gasteiger partial charge is 0.323 e. The van der Waals surface area contributed by atoms with Gasteiger partial charge < -0.3 is 15.0 Å². The number of ether oxygens (including phenoxy) is 1. The van der Waals surface area contributed by atoms with Gasteiger partial charge in [-0.2, -0.15) is 0 Å². The number of esters is 1. The first kappa shape index (κ1) is 23.4. The van der Waals surface area contributed by atoms with Crippen LogP contribution in [0.2, 0.25) is 0 Å². The average molecular weight is 384 g/mol. The van der Waals surface area contributed by atoms with Gasteiger partial charge in [-0.25, -0.2) is 0 Å². The molecule has 2 atom stereocenters. The lowest BCUT2D eigenvalue weighted by molar-refractivity contribution is -0.161. The molecule has 1 N–H and O–H groups in total. The molecule has 1 saturated heterocycles. The van der Waals surface area contributed by atoms with Crippen LogP contribution in [0.4, 0.5) is 0 Å². The van der Waals surface area contributed by atoms with Crippen LogP contribution in [0.3, 0.4) is 0 Å². The molecule has 27 heavy (non-hydrogen) atoms. The van der Waals surface area contributed by atoms with Crippen molar-refractivity contribution in [2.45, 2.75) is 84.9 Å². The number of nitrogens with zero attached hydrogens (tertiary/aromatic N) is 2. The largest absolute Gasteiger partial charge is 0.459 e. The number of hydrogen-bond donors (Lipinski definition) is 1. The summed E-state index contributed by atoms with van der Waals surface area (Å²) >= 11 is 0. The van der Waals surface area contributed by atoms with Crippen molar-refractivity contribution in [3.63, 3.8) is 0 Å². The fourth-order valence-corrected chi connectivity index (χ4v) is 3.34. The molecule has 0 radical (unpaired) electrons. The molecule has 2 unspecified atom stereocenters. The van der Waals surface area contributed by atoms with E-state index in [9.17, 15) is 14.4 Å². The van der Waals surface area contributed by atoms with Gasteiger partial charge >= 0.3 is 5.97 Å². The lowest BCUT2D eigenvalue weighted by atomic mass is 10.00. The van der Waals surface area contributed by atoms with E-state index in [1.54, 1.807) is 11.8 Å². The van der Waals surface area contributed by atoms with E-state index in [4.69, 9.17) is 4.74 Å². The quantitative estimate of drug-likeness (QED) is 0.648. The van der Waals surface area contributed by atoms with E-state index in [0.29, 0.717) is 13.1 Å².